The minimum Gasteiger partial charge on any atom is -0.444 e. The summed E-state index contributed by atoms with van der Waals surface area (Å²) in [5, 5.41) is 8.50. The van der Waals surface area contributed by atoms with Crippen molar-refractivity contribution in [2.45, 2.75) is 77.6 Å². The molecule has 2 atom stereocenters. The Kier molecular flexibility index (Phi) is 11.7. The van der Waals surface area contributed by atoms with Gasteiger partial charge in [-0.05, 0) is 56.9 Å². The molecule has 0 radical (unpaired) electrons. The Balaban J connectivity index is 1.51. The van der Waals surface area contributed by atoms with Crippen LogP contribution < -0.4 is 16.0 Å². The van der Waals surface area contributed by atoms with Gasteiger partial charge >= 0.3 is 6.09 Å². The molecular weight excluding hydrogens is 622 g/mol. The monoisotopic (exact) mass is 661 g/mol. The molecule has 2 heterocycles. The third kappa shape index (κ3) is 10.1. The zero-order valence-electron chi connectivity index (χ0n) is 27.0. The van der Waals surface area contributed by atoms with Gasteiger partial charge in [0.2, 0.25) is 17.7 Å². The van der Waals surface area contributed by atoms with Gasteiger partial charge in [-0.2, -0.15) is 0 Å². The fourth-order valence-corrected chi connectivity index (χ4v) is 5.25. The van der Waals surface area contributed by atoms with Gasteiger partial charge in [0.05, 0.1) is 0 Å². The number of alkyl carbamates (subject to hydrolysis) is 1. The second-order valence-electron chi connectivity index (χ2n) is 12.4. The van der Waals surface area contributed by atoms with Gasteiger partial charge in [-0.15, -0.1) is 0 Å². The highest BCUT2D eigenvalue weighted by Gasteiger charge is 2.36. The minimum absolute atomic E-state index is 0.00705. The maximum absolute atomic E-state index is 13.9. The number of amides is 4. The molecule has 12 heteroatoms. The third-order valence-corrected chi connectivity index (χ3v) is 7.96. The molecule has 1 aromatic heterocycles. The molecule has 2 aromatic carbocycles. The first-order valence-electron chi connectivity index (χ1n) is 15.5. The lowest BCUT2D eigenvalue weighted by atomic mass is 9.92. The van der Waals surface area contributed by atoms with Crippen LogP contribution in [0.3, 0.4) is 0 Å². The molecule has 47 heavy (non-hydrogen) atoms. The van der Waals surface area contributed by atoms with Gasteiger partial charge in [-0.1, -0.05) is 66.2 Å². The fourth-order valence-electron chi connectivity index (χ4n) is 5.10. The SMILES string of the molecule is Cc1cnc(NC(=O)[C@H](CCNC(=O)OC(C)(C)C)NC(=O)[C@@H]2Cc3ccccc3CN2C(=O)CCC(=O)c2ccccc2)cc1Cl. The second kappa shape index (κ2) is 15.7. The number of carbonyl (C=O) groups excluding carboxylic acids is 5. The summed E-state index contributed by atoms with van der Waals surface area (Å²) in [5.41, 5.74) is 2.33. The largest absolute Gasteiger partial charge is 0.444 e. The first-order valence-corrected chi connectivity index (χ1v) is 15.8. The maximum Gasteiger partial charge on any atom is 0.407 e. The van der Waals surface area contributed by atoms with E-state index in [9.17, 15) is 24.0 Å². The van der Waals surface area contributed by atoms with Gasteiger partial charge in [-0.25, -0.2) is 9.78 Å². The highest BCUT2D eigenvalue weighted by atomic mass is 35.5. The molecule has 0 fully saturated rings. The van der Waals surface area contributed by atoms with Crippen LogP contribution in [0.15, 0.2) is 66.9 Å². The van der Waals surface area contributed by atoms with Gasteiger partial charge in [0.1, 0.15) is 23.5 Å². The van der Waals surface area contributed by atoms with Crippen LogP contribution >= 0.6 is 11.6 Å². The highest BCUT2D eigenvalue weighted by molar-refractivity contribution is 6.31. The number of pyridine rings is 1. The van der Waals surface area contributed by atoms with E-state index in [0.717, 1.165) is 16.7 Å². The number of aromatic nitrogens is 1. The Bertz CT molecular complexity index is 1620. The van der Waals surface area contributed by atoms with Crippen LogP contribution in [0, 0.1) is 6.92 Å². The summed E-state index contributed by atoms with van der Waals surface area (Å²) in [5.74, 6) is -1.46. The summed E-state index contributed by atoms with van der Waals surface area (Å²) in [6, 6.07) is 15.7. The lowest BCUT2D eigenvalue weighted by Gasteiger charge is -2.36. The van der Waals surface area contributed by atoms with Crippen LogP contribution in [-0.4, -0.2) is 63.7 Å². The van der Waals surface area contributed by atoms with Crippen molar-refractivity contribution in [3.05, 3.63) is 94.1 Å². The molecule has 0 aliphatic carbocycles. The van der Waals surface area contributed by atoms with E-state index in [0.29, 0.717) is 10.6 Å². The van der Waals surface area contributed by atoms with Crippen LogP contribution in [-0.2, 0) is 32.1 Å². The number of anilines is 1. The van der Waals surface area contributed by atoms with Crippen molar-refractivity contribution < 1.29 is 28.7 Å². The number of hydrogen-bond acceptors (Lipinski definition) is 7. The number of aryl methyl sites for hydroxylation is 1. The van der Waals surface area contributed by atoms with Crippen molar-refractivity contribution in [1.29, 1.82) is 0 Å². The molecule has 3 aromatic rings. The molecule has 1 aliphatic heterocycles. The van der Waals surface area contributed by atoms with Gasteiger partial charge in [0, 0.05) is 49.1 Å². The van der Waals surface area contributed by atoms with E-state index in [4.69, 9.17) is 16.3 Å². The minimum atomic E-state index is -1.12. The molecule has 4 rings (SSSR count). The fraction of sp³-hybridized carbons (Fsp3) is 0.371. The Morgan fingerprint density at radius 2 is 1.68 bits per heavy atom. The Morgan fingerprint density at radius 1 is 1.00 bits per heavy atom. The molecule has 248 valence electrons. The smallest absolute Gasteiger partial charge is 0.407 e. The zero-order valence-corrected chi connectivity index (χ0v) is 27.7. The molecule has 0 saturated carbocycles. The summed E-state index contributed by atoms with van der Waals surface area (Å²) >= 11 is 6.22. The van der Waals surface area contributed by atoms with Crippen molar-refractivity contribution in [2.75, 3.05) is 11.9 Å². The van der Waals surface area contributed by atoms with Crippen molar-refractivity contribution in [3.63, 3.8) is 0 Å². The second-order valence-corrected chi connectivity index (χ2v) is 12.8. The van der Waals surface area contributed by atoms with Crippen LogP contribution in [0.1, 0.15) is 67.1 Å². The van der Waals surface area contributed by atoms with Crippen LogP contribution in [0.4, 0.5) is 10.6 Å². The van der Waals surface area contributed by atoms with E-state index in [-0.39, 0.29) is 56.3 Å². The number of ether oxygens (including phenoxy) is 1. The van der Waals surface area contributed by atoms with Crippen molar-refractivity contribution >= 4 is 47.0 Å². The number of nitrogens with zero attached hydrogens (tertiary/aromatic N) is 2. The van der Waals surface area contributed by atoms with Gasteiger partial charge in [0.25, 0.3) is 0 Å². The molecule has 1 aliphatic rings. The van der Waals surface area contributed by atoms with Crippen LogP contribution in [0.5, 0.6) is 0 Å². The number of ketones is 1. The highest BCUT2D eigenvalue weighted by Crippen LogP contribution is 2.25. The molecule has 0 unspecified atom stereocenters. The maximum atomic E-state index is 13.9. The van der Waals surface area contributed by atoms with E-state index < -0.39 is 35.6 Å². The van der Waals surface area contributed by atoms with E-state index >= 15 is 0 Å². The average Bonchev–Trinajstić information content (AvgIpc) is 3.03. The molecule has 3 N–H and O–H groups in total. The topological polar surface area (TPSA) is 147 Å². The lowest BCUT2D eigenvalue weighted by Crippen LogP contribution is -2.56. The lowest BCUT2D eigenvalue weighted by molar-refractivity contribution is -0.142. The predicted molar refractivity (Wildman–Crippen MR) is 178 cm³/mol. The van der Waals surface area contributed by atoms with Crippen molar-refractivity contribution in [3.8, 4) is 0 Å². The van der Waals surface area contributed by atoms with Gasteiger partial charge in [-0.3, -0.25) is 19.2 Å². The number of benzene rings is 2. The van der Waals surface area contributed by atoms with Crippen LogP contribution in [0.2, 0.25) is 5.02 Å². The van der Waals surface area contributed by atoms with E-state index in [1.165, 1.54) is 17.2 Å². The number of halogens is 1. The third-order valence-electron chi connectivity index (χ3n) is 7.56. The number of carbonyl (C=O) groups is 5. The summed E-state index contributed by atoms with van der Waals surface area (Å²) < 4.78 is 5.29. The summed E-state index contributed by atoms with van der Waals surface area (Å²) in [7, 11) is 0. The summed E-state index contributed by atoms with van der Waals surface area (Å²) in [4.78, 5) is 71.6. The van der Waals surface area contributed by atoms with E-state index in [1.54, 1.807) is 52.0 Å². The van der Waals surface area contributed by atoms with Crippen LogP contribution in [0.25, 0.3) is 0 Å². The average molecular weight is 662 g/mol. The molecule has 0 bridgehead atoms. The molecule has 0 saturated heterocycles. The molecular formula is C35H40ClN5O6. The summed E-state index contributed by atoms with van der Waals surface area (Å²) in [6.07, 6.45) is 0.993. The number of hydrogen-bond donors (Lipinski definition) is 3. The molecule has 0 spiro atoms. The Hall–Kier alpha value is -4.77. The van der Waals surface area contributed by atoms with Crippen molar-refractivity contribution in [1.82, 2.24) is 20.5 Å². The number of nitrogens with one attached hydrogen (secondary N) is 3. The first-order chi connectivity index (χ1) is 22.3. The van der Waals surface area contributed by atoms with E-state index in [2.05, 4.69) is 20.9 Å². The quantitative estimate of drug-likeness (QED) is 0.245. The standard InChI is InChI=1S/C35H40ClN5O6/c1-22-20-38-30(19-26(22)36)40-32(44)27(16-17-37-34(46)47-35(2,3)4)39-33(45)28-18-24-12-8-9-13-25(24)21-41(28)31(43)15-14-29(42)23-10-6-5-7-11-23/h5-13,19-20,27-28H,14-18,21H2,1-4H3,(H,37,46)(H,39,45)(H,38,40,44)/t27-,28-/m0/s1. The normalized spacial score (nSPS) is 14.7. The Morgan fingerprint density at radius 3 is 2.36 bits per heavy atom. The van der Waals surface area contributed by atoms with Crippen molar-refractivity contribution in [2.24, 2.45) is 0 Å². The number of rotatable bonds is 11. The predicted octanol–water partition coefficient (Wildman–Crippen LogP) is 5.00. The Labute approximate surface area is 279 Å². The zero-order chi connectivity index (χ0) is 34.1. The molecule has 4 amide bonds. The van der Waals surface area contributed by atoms with E-state index in [1.807, 2.05) is 30.3 Å². The van der Waals surface area contributed by atoms with Gasteiger partial charge in [0.15, 0.2) is 5.78 Å². The summed E-state index contributed by atoms with van der Waals surface area (Å²) in [6.45, 7) is 7.16. The molecule has 11 nitrogen and oxygen atoms in total. The van der Waals surface area contributed by atoms with Gasteiger partial charge < -0.3 is 25.6 Å². The number of Topliss-reactive ketones (excluding diaryl/α,β-unsaturated/α-hetero) is 1. The number of fused-ring (bicyclic) bond motifs is 1. The first kappa shape index (κ1) is 35.1.